The Hall–Kier alpha value is -1.47. The van der Waals surface area contributed by atoms with Gasteiger partial charge in [0.25, 0.3) is 5.91 Å². The van der Waals surface area contributed by atoms with Crippen molar-refractivity contribution in [3.8, 4) is 5.75 Å². The van der Waals surface area contributed by atoms with Crippen LogP contribution in [0.2, 0.25) is 0 Å². The number of halogens is 3. The van der Waals surface area contributed by atoms with E-state index in [0.717, 1.165) is 9.35 Å². The number of thiophene rings is 1. The summed E-state index contributed by atoms with van der Waals surface area (Å²) in [5.74, 6) is -0.0779. The Bertz CT molecular complexity index is 586. The number of benzene rings is 1. The third-order valence-corrected chi connectivity index (χ3v) is 4.02. The average Bonchev–Trinajstić information content (AvgIpc) is 2.84. The molecule has 106 valence electrons. The lowest BCUT2D eigenvalue weighted by Crippen LogP contribution is -2.21. The molecule has 1 aromatic heterocycles. The molecular formula is C13H10BrF2NO2S. The van der Waals surface area contributed by atoms with Crippen LogP contribution in [0.1, 0.15) is 15.2 Å². The Labute approximate surface area is 126 Å². The topological polar surface area (TPSA) is 38.3 Å². The maximum absolute atomic E-state index is 12.0. The normalized spacial score (nSPS) is 10.6. The molecule has 0 atom stereocenters. The molecule has 1 N–H and O–H groups in total. The first kappa shape index (κ1) is 14.9. The van der Waals surface area contributed by atoms with Gasteiger partial charge in [0, 0.05) is 6.54 Å². The predicted octanol–water partition coefficient (Wildman–Crippen LogP) is 4.04. The zero-order chi connectivity index (χ0) is 14.5. The molecule has 0 aliphatic rings. The second-order valence-corrected chi connectivity index (χ2v) is 6.27. The van der Waals surface area contributed by atoms with E-state index in [4.69, 9.17) is 0 Å². The monoisotopic (exact) mass is 361 g/mol. The molecule has 0 unspecified atom stereocenters. The Morgan fingerprint density at radius 3 is 2.50 bits per heavy atom. The van der Waals surface area contributed by atoms with Gasteiger partial charge in [0.2, 0.25) is 0 Å². The second-order valence-electron chi connectivity index (χ2n) is 3.81. The van der Waals surface area contributed by atoms with Crippen LogP contribution in [0.15, 0.2) is 40.2 Å². The Balaban J connectivity index is 1.89. The fourth-order valence-electron chi connectivity index (χ4n) is 1.49. The number of nitrogens with one attached hydrogen (secondary N) is 1. The van der Waals surface area contributed by atoms with Crippen molar-refractivity contribution in [1.29, 1.82) is 0 Å². The number of hydrogen-bond donors (Lipinski definition) is 1. The average molecular weight is 362 g/mol. The van der Waals surface area contributed by atoms with Gasteiger partial charge >= 0.3 is 6.61 Å². The van der Waals surface area contributed by atoms with Gasteiger partial charge in [-0.25, -0.2) is 0 Å². The van der Waals surface area contributed by atoms with Crippen molar-refractivity contribution >= 4 is 33.2 Å². The van der Waals surface area contributed by atoms with Crippen LogP contribution in [-0.4, -0.2) is 12.5 Å². The number of amides is 1. The molecule has 7 heteroatoms. The van der Waals surface area contributed by atoms with E-state index in [-0.39, 0.29) is 11.7 Å². The molecule has 0 spiro atoms. The van der Waals surface area contributed by atoms with Crippen LogP contribution >= 0.6 is 27.3 Å². The van der Waals surface area contributed by atoms with Crippen LogP contribution in [0.25, 0.3) is 0 Å². The molecule has 0 fully saturated rings. The zero-order valence-electron chi connectivity index (χ0n) is 10.1. The van der Waals surface area contributed by atoms with Crippen molar-refractivity contribution in [3.05, 3.63) is 50.6 Å². The molecule has 2 rings (SSSR count). The molecule has 0 saturated heterocycles. The maximum Gasteiger partial charge on any atom is 0.387 e. The van der Waals surface area contributed by atoms with Gasteiger partial charge in [0.05, 0.1) is 8.66 Å². The summed E-state index contributed by atoms with van der Waals surface area (Å²) < 4.78 is 29.1. The number of carbonyl (C=O) groups is 1. The van der Waals surface area contributed by atoms with E-state index in [2.05, 4.69) is 26.0 Å². The van der Waals surface area contributed by atoms with Gasteiger partial charge in [-0.15, -0.1) is 11.3 Å². The largest absolute Gasteiger partial charge is 0.435 e. The fourth-order valence-corrected chi connectivity index (χ4v) is 2.80. The molecular weight excluding hydrogens is 352 g/mol. The van der Waals surface area contributed by atoms with Gasteiger partial charge in [-0.2, -0.15) is 8.78 Å². The SMILES string of the molecule is O=C(NCc1ccc(OC(F)F)cc1)c1ccc(Br)s1. The smallest absolute Gasteiger partial charge is 0.387 e. The summed E-state index contributed by atoms with van der Waals surface area (Å²) >= 11 is 4.63. The summed E-state index contributed by atoms with van der Waals surface area (Å²) in [6.45, 7) is -2.51. The van der Waals surface area contributed by atoms with Gasteiger partial charge < -0.3 is 10.1 Å². The first-order chi connectivity index (χ1) is 9.54. The molecule has 1 aromatic carbocycles. The highest BCUT2D eigenvalue weighted by atomic mass is 79.9. The van der Waals surface area contributed by atoms with Gasteiger partial charge in [-0.3, -0.25) is 4.79 Å². The molecule has 0 saturated carbocycles. The van der Waals surface area contributed by atoms with E-state index in [9.17, 15) is 13.6 Å². The van der Waals surface area contributed by atoms with Crippen molar-refractivity contribution in [1.82, 2.24) is 5.32 Å². The second kappa shape index (κ2) is 6.81. The molecule has 0 aliphatic carbocycles. The lowest BCUT2D eigenvalue weighted by Gasteiger charge is -2.06. The van der Waals surface area contributed by atoms with Crippen LogP contribution in [0, 0.1) is 0 Å². The van der Waals surface area contributed by atoms with Gasteiger partial charge in [0.1, 0.15) is 5.75 Å². The fraction of sp³-hybridized carbons (Fsp3) is 0.154. The molecule has 2 aromatic rings. The minimum Gasteiger partial charge on any atom is -0.435 e. The van der Waals surface area contributed by atoms with E-state index < -0.39 is 6.61 Å². The number of carbonyl (C=O) groups excluding carboxylic acids is 1. The summed E-state index contributed by atoms with van der Waals surface area (Å²) in [5.41, 5.74) is 0.801. The number of ether oxygens (including phenoxy) is 1. The van der Waals surface area contributed by atoms with Crippen molar-refractivity contribution < 1.29 is 18.3 Å². The predicted molar refractivity (Wildman–Crippen MR) is 76.3 cm³/mol. The Morgan fingerprint density at radius 1 is 1.25 bits per heavy atom. The summed E-state index contributed by atoms with van der Waals surface area (Å²) in [5, 5.41) is 2.75. The van der Waals surface area contributed by atoms with Crippen LogP contribution in [-0.2, 0) is 6.54 Å². The maximum atomic E-state index is 12.0. The lowest BCUT2D eigenvalue weighted by atomic mass is 10.2. The van der Waals surface area contributed by atoms with Crippen molar-refractivity contribution in [2.24, 2.45) is 0 Å². The molecule has 0 bridgehead atoms. The minimum absolute atomic E-state index is 0.0947. The van der Waals surface area contributed by atoms with Crippen LogP contribution < -0.4 is 10.1 Å². The van der Waals surface area contributed by atoms with Crippen LogP contribution in [0.4, 0.5) is 8.78 Å². The molecule has 0 aliphatic heterocycles. The third kappa shape index (κ3) is 4.28. The summed E-state index contributed by atoms with van der Waals surface area (Å²) in [4.78, 5) is 12.4. The Morgan fingerprint density at radius 2 is 1.95 bits per heavy atom. The van der Waals surface area contributed by atoms with Gasteiger partial charge in [-0.1, -0.05) is 12.1 Å². The van der Waals surface area contributed by atoms with Crippen LogP contribution in [0.3, 0.4) is 0 Å². The molecule has 3 nitrogen and oxygen atoms in total. The van der Waals surface area contributed by atoms with E-state index in [1.807, 2.05) is 0 Å². The molecule has 20 heavy (non-hydrogen) atoms. The van der Waals surface area contributed by atoms with Crippen LogP contribution in [0.5, 0.6) is 5.75 Å². The summed E-state index contributed by atoms with van der Waals surface area (Å²) in [6.07, 6.45) is 0. The quantitative estimate of drug-likeness (QED) is 0.872. The standard InChI is InChI=1S/C13H10BrF2NO2S/c14-11-6-5-10(20-11)12(18)17-7-8-1-3-9(4-2-8)19-13(15)16/h1-6,13H,7H2,(H,17,18). The van der Waals surface area contributed by atoms with E-state index in [1.54, 1.807) is 24.3 Å². The van der Waals surface area contributed by atoms with Crippen molar-refractivity contribution in [2.45, 2.75) is 13.2 Å². The van der Waals surface area contributed by atoms with Crippen molar-refractivity contribution in [3.63, 3.8) is 0 Å². The molecule has 1 amide bonds. The Kier molecular flexibility index (Phi) is 5.08. The van der Waals surface area contributed by atoms with E-state index >= 15 is 0 Å². The van der Waals surface area contributed by atoms with E-state index in [1.165, 1.54) is 23.5 Å². The lowest BCUT2D eigenvalue weighted by molar-refractivity contribution is -0.0498. The molecule has 1 heterocycles. The van der Waals surface area contributed by atoms with E-state index in [0.29, 0.717) is 11.4 Å². The van der Waals surface area contributed by atoms with Crippen molar-refractivity contribution in [2.75, 3.05) is 0 Å². The highest BCUT2D eigenvalue weighted by Crippen LogP contribution is 2.22. The summed E-state index contributed by atoms with van der Waals surface area (Å²) in [6, 6.07) is 9.66. The zero-order valence-corrected chi connectivity index (χ0v) is 12.5. The first-order valence-corrected chi connectivity index (χ1v) is 7.23. The minimum atomic E-state index is -2.84. The third-order valence-electron chi connectivity index (χ3n) is 2.40. The number of hydrogen-bond acceptors (Lipinski definition) is 3. The van der Waals surface area contributed by atoms with Gasteiger partial charge in [-0.05, 0) is 45.8 Å². The van der Waals surface area contributed by atoms with Gasteiger partial charge in [0.15, 0.2) is 0 Å². The highest BCUT2D eigenvalue weighted by Gasteiger charge is 2.08. The first-order valence-electron chi connectivity index (χ1n) is 5.62. The number of alkyl halides is 2. The molecule has 0 radical (unpaired) electrons. The summed E-state index contributed by atoms with van der Waals surface area (Å²) in [7, 11) is 0. The highest BCUT2D eigenvalue weighted by molar-refractivity contribution is 9.11. The number of rotatable bonds is 5.